The number of likely N-dealkylation sites (tertiary alicyclic amines) is 1. The van der Waals surface area contributed by atoms with Crippen molar-refractivity contribution in [3.8, 4) is 0 Å². The summed E-state index contributed by atoms with van der Waals surface area (Å²) in [5.41, 5.74) is 3.56. The Kier molecular flexibility index (Phi) is 6.09. The maximum absolute atomic E-state index is 13.2. The second kappa shape index (κ2) is 7.92. The number of carbonyl (C=O) groups excluding carboxylic acids is 2. The van der Waals surface area contributed by atoms with Gasteiger partial charge in [0.25, 0.3) is 0 Å². The molecule has 160 valence electrons. The van der Waals surface area contributed by atoms with Crippen LogP contribution in [0.15, 0.2) is 0 Å². The van der Waals surface area contributed by atoms with Gasteiger partial charge < -0.3 is 15.1 Å². The Hall–Kier alpha value is -1.18. The fourth-order valence-corrected chi connectivity index (χ4v) is 5.67. The molecule has 7 atom stereocenters. The third kappa shape index (κ3) is 3.81. The van der Waals surface area contributed by atoms with E-state index in [2.05, 4.69) is 62.9 Å². The molecule has 7 heteroatoms. The molecule has 0 aliphatic carbocycles. The Morgan fingerprint density at radius 1 is 1.25 bits per heavy atom. The van der Waals surface area contributed by atoms with Gasteiger partial charge in [-0.2, -0.15) is 5.01 Å². The Bertz CT molecular complexity index is 608. The van der Waals surface area contributed by atoms with Gasteiger partial charge in [0, 0.05) is 31.6 Å². The Labute approximate surface area is 170 Å². The summed E-state index contributed by atoms with van der Waals surface area (Å²) in [6.07, 6.45) is 2.14. The van der Waals surface area contributed by atoms with E-state index in [1.165, 1.54) is 0 Å². The highest BCUT2D eigenvalue weighted by Gasteiger charge is 2.56. The summed E-state index contributed by atoms with van der Waals surface area (Å²) in [6, 6.07) is 1.01. The molecule has 0 aromatic heterocycles. The molecular weight excluding hydrogens is 354 g/mol. The van der Waals surface area contributed by atoms with Gasteiger partial charge in [0.05, 0.1) is 37.9 Å². The minimum atomic E-state index is -0.127. The first-order valence-electron chi connectivity index (χ1n) is 11.0. The summed E-state index contributed by atoms with van der Waals surface area (Å²) in [7, 11) is 4.57. The largest absolute Gasteiger partial charge is 0.355 e. The topological polar surface area (TPSA) is 73.5 Å². The van der Waals surface area contributed by atoms with Gasteiger partial charge in [0.1, 0.15) is 0 Å². The Morgan fingerprint density at radius 3 is 2.54 bits per heavy atom. The van der Waals surface area contributed by atoms with Gasteiger partial charge in [-0.15, -0.1) is 0 Å². The van der Waals surface area contributed by atoms with E-state index in [1.54, 1.807) is 0 Å². The SMILES string of the molecule is CC1CC(C)C(CNC(=O)C2CC(C)[N+](C)(C)C3C2CNN3C(C)C)C(=O)N1. The number of amides is 2. The van der Waals surface area contributed by atoms with Crippen molar-refractivity contribution in [1.29, 1.82) is 0 Å². The van der Waals surface area contributed by atoms with Crippen LogP contribution in [0.25, 0.3) is 0 Å². The lowest BCUT2D eigenvalue weighted by Crippen LogP contribution is -2.68. The van der Waals surface area contributed by atoms with E-state index in [0.717, 1.165) is 23.9 Å². The normalized spacial score (nSPS) is 40.9. The first kappa shape index (κ1) is 21.5. The monoisotopic (exact) mass is 394 g/mol. The fourth-order valence-electron chi connectivity index (χ4n) is 5.67. The molecule has 0 aromatic rings. The number of hydrogen-bond donors (Lipinski definition) is 3. The lowest BCUT2D eigenvalue weighted by molar-refractivity contribution is -0.957. The average Bonchev–Trinajstić information content (AvgIpc) is 3.03. The molecule has 7 unspecified atom stereocenters. The number of quaternary nitrogens is 1. The zero-order valence-corrected chi connectivity index (χ0v) is 18.7. The molecule has 3 heterocycles. The molecule has 3 N–H and O–H groups in total. The number of fused-ring (bicyclic) bond motifs is 1. The second-order valence-electron chi connectivity index (χ2n) is 10.2. The van der Waals surface area contributed by atoms with Crippen molar-refractivity contribution in [2.24, 2.45) is 23.7 Å². The van der Waals surface area contributed by atoms with E-state index in [-0.39, 0.29) is 41.8 Å². The van der Waals surface area contributed by atoms with Gasteiger partial charge in [-0.25, -0.2) is 5.43 Å². The van der Waals surface area contributed by atoms with Gasteiger partial charge in [-0.1, -0.05) is 6.92 Å². The predicted octanol–water partition coefficient (Wildman–Crippen LogP) is 0.919. The molecule has 3 saturated heterocycles. The van der Waals surface area contributed by atoms with Crippen LogP contribution in [0.1, 0.15) is 47.5 Å². The predicted molar refractivity (Wildman–Crippen MR) is 110 cm³/mol. The average molecular weight is 395 g/mol. The van der Waals surface area contributed by atoms with Crippen LogP contribution >= 0.6 is 0 Å². The van der Waals surface area contributed by atoms with Gasteiger partial charge in [0.15, 0.2) is 6.17 Å². The number of nitrogens with one attached hydrogen (secondary N) is 3. The lowest BCUT2D eigenvalue weighted by atomic mass is 9.78. The quantitative estimate of drug-likeness (QED) is 0.620. The fraction of sp³-hybridized carbons (Fsp3) is 0.905. The first-order valence-corrected chi connectivity index (χ1v) is 11.0. The maximum atomic E-state index is 13.2. The van der Waals surface area contributed by atoms with Crippen LogP contribution in [0.5, 0.6) is 0 Å². The second-order valence-corrected chi connectivity index (χ2v) is 10.2. The summed E-state index contributed by atoms with van der Waals surface area (Å²) in [5.74, 6) is 0.634. The third-order valence-electron chi connectivity index (χ3n) is 7.63. The van der Waals surface area contributed by atoms with Crippen LogP contribution in [0.3, 0.4) is 0 Å². The number of carbonyl (C=O) groups is 2. The highest BCUT2D eigenvalue weighted by atomic mass is 16.2. The molecule has 0 radical (unpaired) electrons. The summed E-state index contributed by atoms with van der Waals surface area (Å²) >= 11 is 0. The van der Waals surface area contributed by atoms with E-state index in [0.29, 0.717) is 24.5 Å². The van der Waals surface area contributed by atoms with Crippen LogP contribution in [-0.2, 0) is 9.59 Å². The van der Waals surface area contributed by atoms with E-state index in [4.69, 9.17) is 0 Å². The van der Waals surface area contributed by atoms with Crippen LogP contribution < -0.4 is 16.1 Å². The summed E-state index contributed by atoms with van der Waals surface area (Å²) in [6.45, 7) is 12.1. The molecule has 7 nitrogen and oxygen atoms in total. The summed E-state index contributed by atoms with van der Waals surface area (Å²) in [4.78, 5) is 25.6. The van der Waals surface area contributed by atoms with Crippen molar-refractivity contribution in [2.75, 3.05) is 27.2 Å². The first-order chi connectivity index (χ1) is 13.0. The molecule has 0 aromatic carbocycles. The molecule has 0 spiro atoms. The third-order valence-corrected chi connectivity index (χ3v) is 7.63. The lowest BCUT2D eigenvalue weighted by Gasteiger charge is -2.52. The van der Waals surface area contributed by atoms with E-state index in [1.807, 2.05) is 6.92 Å². The van der Waals surface area contributed by atoms with Gasteiger partial charge in [-0.05, 0) is 40.0 Å². The molecule has 0 saturated carbocycles. The van der Waals surface area contributed by atoms with Crippen molar-refractivity contribution in [3.63, 3.8) is 0 Å². The summed E-state index contributed by atoms with van der Waals surface area (Å²) < 4.78 is 0.902. The standard InChI is InChI=1S/C21H39N5O2/c1-12(2)25-21-18(11-23-25)16(9-15(5)26(21,6)7)19(27)22-10-17-13(3)8-14(4)24-20(17)28/h12-18,21,23H,8-11H2,1-7H3,(H-,22,24,27,28)/p+1. The van der Waals surface area contributed by atoms with Crippen LogP contribution in [0.4, 0.5) is 0 Å². The molecule has 3 aliphatic heterocycles. The van der Waals surface area contributed by atoms with Crippen molar-refractivity contribution in [3.05, 3.63) is 0 Å². The minimum absolute atomic E-state index is 0.0109. The van der Waals surface area contributed by atoms with Crippen molar-refractivity contribution in [1.82, 2.24) is 21.1 Å². The van der Waals surface area contributed by atoms with Crippen molar-refractivity contribution < 1.29 is 14.1 Å². The van der Waals surface area contributed by atoms with Gasteiger partial charge in [0.2, 0.25) is 11.8 Å². The highest BCUT2D eigenvalue weighted by molar-refractivity contribution is 5.83. The Balaban J connectivity index is 1.69. The number of hydrazine groups is 1. The molecule has 3 rings (SSSR count). The zero-order valence-electron chi connectivity index (χ0n) is 18.7. The van der Waals surface area contributed by atoms with Crippen molar-refractivity contribution >= 4 is 11.8 Å². The van der Waals surface area contributed by atoms with Gasteiger partial charge >= 0.3 is 0 Å². The molecule has 2 amide bonds. The van der Waals surface area contributed by atoms with E-state index >= 15 is 0 Å². The molecular formula is C21H40N5O2+. The highest BCUT2D eigenvalue weighted by Crippen LogP contribution is 2.41. The van der Waals surface area contributed by atoms with Gasteiger partial charge in [-0.3, -0.25) is 9.59 Å². The number of rotatable bonds is 4. The minimum Gasteiger partial charge on any atom is -0.355 e. The molecule has 0 bridgehead atoms. The smallest absolute Gasteiger partial charge is 0.225 e. The molecule has 28 heavy (non-hydrogen) atoms. The number of nitrogens with zero attached hydrogens (tertiary/aromatic N) is 2. The van der Waals surface area contributed by atoms with Crippen LogP contribution in [-0.4, -0.2) is 72.8 Å². The number of hydrogen-bond acceptors (Lipinski definition) is 4. The summed E-state index contributed by atoms with van der Waals surface area (Å²) in [5, 5.41) is 8.52. The van der Waals surface area contributed by atoms with E-state index in [9.17, 15) is 9.59 Å². The zero-order chi connectivity index (χ0) is 20.8. The molecule has 3 fully saturated rings. The van der Waals surface area contributed by atoms with E-state index < -0.39 is 0 Å². The Morgan fingerprint density at radius 2 is 1.93 bits per heavy atom. The maximum Gasteiger partial charge on any atom is 0.225 e. The van der Waals surface area contributed by atoms with Crippen molar-refractivity contribution in [2.45, 2.75) is 71.8 Å². The van der Waals surface area contributed by atoms with Crippen LogP contribution in [0.2, 0.25) is 0 Å². The molecule has 3 aliphatic rings. The van der Waals surface area contributed by atoms with Crippen LogP contribution in [0, 0.1) is 23.7 Å². The number of piperidine rings is 2.